The summed E-state index contributed by atoms with van der Waals surface area (Å²) in [6.45, 7) is 2.19. The first-order chi connectivity index (χ1) is 14.9. The van der Waals surface area contributed by atoms with Crippen molar-refractivity contribution in [1.82, 2.24) is 14.1 Å². The summed E-state index contributed by atoms with van der Waals surface area (Å²) in [5, 5.41) is 3.20. The molecule has 4 rings (SSSR count). The molecule has 9 nitrogen and oxygen atoms in total. The minimum Gasteiger partial charge on any atom is -0.454 e. The summed E-state index contributed by atoms with van der Waals surface area (Å²) < 4.78 is 13.0. The zero-order chi connectivity index (χ0) is 22.1. The number of aromatic nitrogens is 3. The molecule has 0 aliphatic carbocycles. The van der Waals surface area contributed by atoms with E-state index >= 15 is 0 Å². The SMILES string of the molecule is CCCc1cnc2c(c1SCC(=O)Nc1ccc3c(c1)OCO3)c(=O)n(C)c(=O)n2C. The third-order valence-electron chi connectivity index (χ3n) is 5.02. The first kappa shape index (κ1) is 21.0. The van der Waals surface area contributed by atoms with Crippen LogP contribution in [-0.2, 0) is 25.3 Å². The quantitative estimate of drug-likeness (QED) is 0.583. The van der Waals surface area contributed by atoms with E-state index in [0.29, 0.717) is 39.5 Å². The lowest BCUT2D eigenvalue weighted by Gasteiger charge is -2.14. The van der Waals surface area contributed by atoms with Gasteiger partial charge in [-0.2, -0.15) is 0 Å². The molecular formula is C21H22N4O5S. The molecule has 31 heavy (non-hydrogen) atoms. The van der Waals surface area contributed by atoms with E-state index in [4.69, 9.17) is 9.47 Å². The highest BCUT2D eigenvalue weighted by atomic mass is 32.2. The van der Waals surface area contributed by atoms with Crippen LogP contribution in [0.25, 0.3) is 11.0 Å². The minimum atomic E-state index is -0.440. The van der Waals surface area contributed by atoms with E-state index in [0.717, 1.165) is 16.6 Å². The number of fused-ring (bicyclic) bond motifs is 2. The van der Waals surface area contributed by atoms with Gasteiger partial charge >= 0.3 is 5.69 Å². The Balaban J connectivity index is 1.64. The van der Waals surface area contributed by atoms with Crippen molar-refractivity contribution in [1.29, 1.82) is 0 Å². The maximum atomic E-state index is 12.9. The average Bonchev–Trinajstić information content (AvgIpc) is 3.23. The van der Waals surface area contributed by atoms with E-state index in [1.807, 2.05) is 6.92 Å². The van der Waals surface area contributed by atoms with Crippen LogP contribution in [0.3, 0.4) is 0 Å². The van der Waals surface area contributed by atoms with Gasteiger partial charge in [0.05, 0.1) is 11.1 Å². The highest BCUT2D eigenvalue weighted by Crippen LogP contribution is 2.34. The molecular weight excluding hydrogens is 420 g/mol. The zero-order valence-electron chi connectivity index (χ0n) is 17.4. The fourth-order valence-corrected chi connectivity index (χ4v) is 4.47. The Bertz CT molecular complexity index is 1300. The number of thioether (sulfide) groups is 1. The molecule has 1 aliphatic rings. The van der Waals surface area contributed by atoms with Gasteiger partial charge in [-0.1, -0.05) is 13.3 Å². The van der Waals surface area contributed by atoms with Gasteiger partial charge in [0.25, 0.3) is 5.56 Å². The highest BCUT2D eigenvalue weighted by Gasteiger charge is 2.19. The number of carbonyl (C=O) groups excluding carboxylic acids is 1. The molecule has 3 heterocycles. The molecule has 3 aromatic rings. The fraction of sp³-hybridized carbons (Fsp3) is 0.333. The first-order valence-electron chi connectivity index (χ1n) is 9.80. The van der Waals surface area contributed by atoms with Crippen LogP contribution in [-0.4, -0.2) is 32.6 Å². The van der Waals surface area contributed by atoms with Crippen molar-refractivity contribution >= 4 is 34.4 Å². The summed E-state index contributed by atoms with van der Waals surface area (Å²) in [4.78, 5) is 42.8. The van der Waals surface area contributed by atoms with Gasteiger partial charge in [0.2, 0.25) is 12.7 Å². The second-order valence-electron chi connectivity index (χ2n) is 7.17. The lowest BCUT2D eigenvalue weighted by atomic mass is 10.1. The van der Waals surface area contributed by atoms with Crippen LogP contribution in [0.2, 0.25) is 0 Å². The molecule has 2 aromatic heterocycles. The van der Waals surface area contributed by atoms with E-state index in [2.05, 4.69) is 10.3 Å². The van der Waals surface area contributed by atoms with Crippen molar-refractivity contribution in [2.24, 2.45) is 14.1 Å². The summed E-state index contributed by atoms with van der Waals surface area (Å²) in [5.41, 5.74) is 0.937. The highest BCUT2D eigenvalue weighted by molar-refractivity contribution is 8.00. The largest absolute Gasteiger partial charge is 0.454 e. The number of hydrogen-bond donors (Lipinski definition) is 1. The van der Waals surface area contributed by atoms with Gasteiger partial charge < -0.3 is 14.8 Å². The van der Waals surface area contributed by atoms with E-state index < -0.39 is 11.2 Å². The van der Waals surface area contributed by atoms with Gasteiger partial charge in [0.15, 0.2) is 11.5 Å². The topological polar surface area (TPSA) is 104 Å². The van der Waals surface area contributed by atoms with Crippen LogP contribution in [0.4, 0.5) is 5.69 Å². The van der Waals surface area contributed by atoms with Gasteiger partial charge in [-0.3, -0.25) is 18.7 Å². The van der Waals surface area contributed by atoms with Crippen molar-refractivity contribution in [3.63, 3.8) is 0 Å². The molecule has 0 saturated carbocycles. The second-order valence-corrected chi connectivity index (χ2v) is 8.16. The molecule has 0 spiro atoms. The Morgan fingerprint density at radius 3 is 2.74 bits per heavy atom. The predicted octanol–water partition coefficient (Wildman–Crippen LogP) is 2.04. The molecule has 10 heteroatoms. The summed E-state index contributed by atoms with van der Waals surface area (Å²) in [6, 6.07) is 5.19. The van der Waals surface area contributed by atoms with Crippen LogP contribution in [0.5, 0.6) is 11.5 Å². The van der Waals surface area contributed by atoms with Gasteiger partial charge in [0, 0.05) is 36.9 Å². The third-order valence-corrected chi connectivity index (χ3v) is 6.18. The molecule has 1 N–H and O–H groups in total. The molecule has 1 aromatic carbocycles. The molecule has 0 atom stereocenters. The van der Waals surface area contributed by atoms with Crippen LogP contribution >= 0.6 is 11.8 Å². The predicted molar refractivity (Wildman–Crippen MR) is 118 cm³/mol. The summed E-state index contributed by atoms with van der Waals surface area (Å²) >= 11 is 1.27. The Hall–Kier alpha value is -3.27. The molecule has 162 valence electrons. The molecule has 0 fully saturated rings. The van der Waals surface area contributed by atoms with Gasteiger partial charge in [0.1, 0.15) is 5.65 Å². The first-order valence-corrected chi connectivity index (χ1v) is 10.8. The Morgan fingerprint density at radius 2 is 1.97 bits per heavy atom. The van der Waals surface area contributed by atoms with Crippen LogP contribution in [0.1, 0.15) is 18.9 Å². The van der Waals surface area contributed by atoms with Crippen molar-refractivity contribution in [2.45, 2.75) is 24.7 Å². The Morgan fingerprint density at radius 1 is 1.19 bits per heavy atom. The van der Waals surface area contributed by atoms with E-state index in [9.17, 15) is 14.4 Å². The van der Waals surface area contributed by atoms with Crippen LogP contribution in [0.15, 0.2) is 38.9 Å². The number of aryl methyl sites for hydroxylation is 2. The van der Waals surface area contributed by atoms with Crippen LogP contribution in [0, 0.1) is 0 Å². The van der Waals surface area contributed by atoms with Crippen LogP contribution < -0.4 is 26.0 Å². The molecule has 0 unspecified atom stereocenters. The monoisotopic (exact) mass is 442 g/mol. The zero-order valence-corrected chi connectivity index (χ0v) is 18.2. The standard InChI is InChI=1S/C21H22N4O5S/c1-4-5-12-9-22-19-17(20(27)25(3)21(28)24(19)2)18(12)31-10-16(26)23-13-6-7-14-15(8-13)30-11-29-14/h6-9H,4-5,10-11H2,1-3H3,(H,23,26). The van der Waals surface area contributed by atoms with E-state index in [1.54, 1.807) is 31.4 Å². The number of ether oxygens (including phenoxy) is 2. The number of nitrogens with one attached hydrogen (secondary N) is 1. The number of nitrogens with zero attached hydrogens (tertiary/aromatic N) is 3. The maximum absolute atomic E-state index is 12.9. The Labute approximate surface area is 182 Å². The van der Waals surface area contributed by atoms with E-state index in [1.165, 1.54) is 23.4 Å². The van der Waals surface area contributed by atoms with E-state index in [-0.39, 0.29) is 18.5 Å². The number of hydrogen-bond acceptors (Lipinski definition) is 7. The maximum Gasteiger partial charge on any atom is 0.332 e. The minimum absolute atomic E-state index is 0.0935. The lowest BCUT2D eigenvalue weighted by molar-refractivity contribution is -0.113. The van der Waals surface area contributed by atoms with Crippen molar-refractivity contribution in [3.05, 3.63) is 50.8 Å². The number of carbonyl (C=O) groups is 1. The molecule has 1 amide bonds. The van der Waals surface area contributed by atoms with Gasteiger partial charge in [-0.05, 0) is 24.1 Å². The molecule has 0 bridgehead atoms. The van der Waals surface area contributed by atoms with Crippen molar-refractivity contribution in [3.8, 4) is 11.5 Å². The fourth-order valence-electron chi connectivity index (χ4n) is 3.46. The number of pyridine rings is 1. The Kier molecular flexibility index (Phi) is 5.73. The lowest BCUT2D eigenvalue weighted by Crippen LogP contribution is -2.37. The number of benzene rings is 1. The normalized spacial score (nSPS) is 12.4. The number of amides is 1. The molecule has 1 aliphatic heterocycles. The number of anilines is 1. The van der Waals surface area contributed by atoms with Gasteiger partial charge in [-0.15, -0.1) is 11.8 Å². The number of rotatable bonds is 6. The smallest absolute Gasteiger partial charge is 0.332 e. The van der Waals surface area contributed by atoms with Crippen molar-refractivity contribution in [2.75, 3.05) is 17.9 Å². The summed E-state index contributed by atoms with van der Waals surface area (Å²) in [6.07, 6.45) is 3.25. The van der Waals surface area contributed by atoms with Gasteiger partial charge in [-0.25, -0.2) is 9.78 Å². The average molecular weight is 442 g/mol. The summed E-state index contributed by atoms with van der Waals surface area (Å²) in [7, 11) is 3.02. The third kappa shape index (κ3) is 3.90. The molecule has 0 radical (unpaired) electrons. The molecule has 0 saturated heterocycles. The second kappa shape index (κ2) is 8.46. The van der Waals surface area contributed by atoms with Crippen molar-refractivity contribution < 1.29 is 14.3 Å². The summed E-state index contributed by atoms with van der Waals surface area (Å²) in [5.74, 6) is 1.09.